The molecule has 1 aliphatic heterocycles. The lowest BCUT2D eigenvalue weighted by molar-refractivity contribution is -0.118. The van der Waals surface area contributed by atoms with Gasteiger partial charge in [0.2, 0.25) is 0 Å². The van der Waals surface area contributed by atoms with Gasteiger partial charge in [0.1, 0.15) is 5.78 Å². The fraction of sp³-hybridized carbons (Fsp3) is 0.800. The van der Waals surface area contributed by atoms with Crippen LogP contribution in [0.5, 0.6) is 0 Å². The number of carbonyl (C=O) groups excluding carboxylic acids is 2. The van der Waals surface area contributed by atoms with E-state index in [1.165, 1.54) is 7.11 Å². The number of piperidine rings is 1. The summed E-state index contributed by atoms with van der Waals surface area (Å²) < 4.78 is 4.68. The molecular weight excluding hydrogens is 182 g/mol. The summed E-state index contributed by atoms with van der Waals surface area (Å²) in [6.45, 7) is 2.27. The van der Waals surface area contributed by atoms with Gasteiger partial charge < -0.3 is 9.64 Å². The van der Waals surface area contributed by atoms with Crippen LogP contribution in [0.25, 0.3) is 0 Å². The van der Waals surface area contributed by atoms with Crippen LogP contribution in [-0.4, -0.2) is 36.5 Å². The van der Waals surface area contributed by atoms with Crippen molar-refractivity contribution in [1.29, 1.82) is 0 Å². The van der Waals surface area contributed by atoms with E-state index in [2.05, 4.69) is 4.74 Å². The lowest BCUT2D eigenvalue weighted by atomic mass is 9.98. The van der Waals surface area contributed by atoms with Gasteiger partial charge in [-0.2, -0.15) is 0 Å². The van der Waals surface area contributed by atoms with E-state index in [1.807, 2.05) is 0 Å². The van der Waals surface area contributed by atoms with Crippen molar-refractivity contribution in [3.63, 3.8) is 0 Å². The van der Waals surface area contributed by atoms with Crippen molar-refractivity contribution in [3.8, 4) is 0 Å². The first-order valence-electron chi connectivity index (χ1n) is 4.99. The van der Waals surface area contributed by atoms with Gasteiger partial charge in [-0.3, -0.25) is 4.79 Å². The minimum absolute atomic E-state index is 0.0497. The van der Waals surface area contributed by atoms with Gasteiger partial charge in [0.05, 0.1) is 7.11 Å². The summed E-state index contributed by atoms with van der Waals surface area (Å²) in [5.74, 6) is 0.130. The van der Waals surface area contributed by atoms with Gasteiger partial charge in [-0.25, -0.2) is 4.79 Å². The van der Waals surface area contributed by atoms with E-state index >= 15 is 0 Å². The van der Waals surface area contributed by atoms with Crippen LogP contribution in [0.2, 0.25) is 0 Å². The van der Waals surface area contributed by atoms with Gasteiger partial charge in [-0.05, 0) is 26.2 Å². The molecule has 1 rings (SSSR count). The Hall–Kier alpha value is -1.06. The lowest BCUT2D eigenvalue weighted by Gasteiger charge is -2.33. The smallest absolute Gasteiger partial charge is 0.409 e. The highest BCUT2D eigenvalue weighted by molar-refractivity contribution is 5.77. The van der Waals surface area contributed by atoms with E-state index in [-0.39, 0.29) is 17.9 Å². The molecule has 4 heteroatoms. The normalized spacial score (nSPS) is 21.9. The van der Waals surface area contributed by atoms with Gasteiger partial charge >= 0.3 is 6.09 Å². The second kappa shape index (κ2) is 4.98. The number of carbonyl (C=O) groups is 2. The molecule has 0 N–H and O–H groups in total. The molecule has 1 heterocycles. The van der Waals surface area contributed by atoms with Crippen LogP contribution in [0.3, 0.4) is 0 Å². The fourth-order valence-electron chi connectivity index (χ4n) is 1.90. The van der Waals surface area contributed by atoms with Crippen molar-refractivity contribution in [2.45, 2.75) is 38.6 Å². The largest absolute Gasteiger partial charge is 0.453 e. The van der Waals surface area contributed by atoms with Crippen molar-refractivity contribution in [2.75, 3.05) is 13.7 Å². The minimum Gasteiger partial charge on any atom is -0.453 e. The molecule has 14 heavy (non-hydrogen) atoms. The van der Waals surface area contributed by atoms with Crippen molar-refractivity contribution >= 4 is 11.9 Å². The molecular formula is C10H17NO3. The minimum atomic E-state index is -0.309. The number of amides is 1. The molecule has 0 aromatic carbocycles. The molecule has 1 saturated heterocycles. The Morgan fingerprint density at radius 1 is 1.43 bits per heavy atom. The molecule has 4 nitrogen and oxygen atoms in total. The first-order valence-corrected chi connectivity index (χ1v) is 4.99. The number of ether oxygens (including phenoxy) is 1. The zero-order chi connectivity index (χ0) is 10.6. The number of rotatable bonds is 2. The highest BCUT2D eigenvalue weighted by Gasteiger charge is 2.27. The van der Waals surface area contributed by atoms with Gasteiger partial charge in [0.25, 0.3) is 0 Å². The summed E-state index contributed by atoms with van der Waals surface area (Å²) in [5.41, 5.74) is 0. The summed E-state index contributed by atoms with van der Waals surface area (Å²) in [4.78, 5) is 24.0. The Morgan fingerprint density at radius 3 is 2.71 bits per heavy atom. The number of ketones is 1. The van der Waals surface area contributed by atoms with E-state index in [0.717, 1.165) is 19.3 Å². The fourth-order valence-corrected chi connectivity index (χ4v) is 1.90. The Morgan fingerprint density at radius 2 is 2.14 bits per heavy atom. The van der Waals surface area contributed by atoms with Crippen LogP contribution >= 0.6 is 0 Å². The van der Waals surface area contributed by atoms with Crippen LogP contribution in [-0.2, 0) is 9.53 Å². The third kappa shape index (κ3) is 2.72. The quantitative estimate of drug-likeness (QED) is 0.678. The number of hydrogen-bond acceptors (Lipinski definition) is 3. The molecule has 0 aromatic heterocycles. The van der Waals surface area contributed by atoms with Gasteiger partial charge in [0.15, 0.2) is 0 Å². The molecule has 0 radical (unpaired) electrons. The second-order valence-electron chi connectivity index (χ2n) is 3.72. The van der Waals surface area contributed by atoms with Crippen molar-refractivity contribution in [2.24, 2.45) is 0 Å². The van der Waals surface area contributed by atoms with Crippen molar-refractivity contribution < 1.29 is 14.3 Å². The zero-order valence-corrected chi connectivity index (χ0v) is 8.78. The molecule has 1 aliphatic rings. The van der Waals surface area contributed by atoms with Crippen LogP contribution in [0.4, 0.5) is 4.79 Å². The molecule has 0 aromatic rings. The molecule has 0 spiro atoms. The molecule has 0 bridgehead atoms. The molecule has 0 aliphatic carbocycles. The Labute approximate surface area is 84.2 Å². The predicted molar refractivity (Wildman–Crippen MR) is 52.0 cm³/mol. The van der Waals surface area contributed by atoms with E-state index in [4.69, 9.17) is 0 Å². The average molecular weight is 199 g/mol. The summed E-state index contributed by atoms with van der Waals surface area (Å²) in [7, 11) is 1.38. The molecule has 0 saturated carbocycles. The first-order chi connectivity index (χ1) is 6.65. The summed E-state index contributed by atoms with van der Waals surface area (Å²) in [5, 5.41) is 0. The third-order valence-electron chi connectivity index (χ3n) is 2.56. The number of nitrogens with zero attached hydrogens (tertiary/aromatic N) is 1. The van der Waals surface area contributed by atoms with Crippen molar-refractivity contribution in [1.82, 2.24) is 4.90 Å². The summed E-state index contributed by atoms with van der Waals surface area (Å²) in [6, 6.07) is 0.0497. The number of Topliss-reactive ketones (excluding diaryl/α,β-unsaturated/α-hetero) is 1. The van der Waals surface area contributed by atoms with Crippen LogP contribution in [0, 0.1) is 0 Å². The number of methoxy groups -OCH3 is 1. The lowest BCUT2D eigenvalue weighted by Crippen LogP contribution is -2.44. The average Bonchev–Trinajstić information content (AvgIpc) is 2.16. The van der Waals surface area contributed by atoms with Crippen molar-refractivity contribution in [3.05, 3.63) is 0 Å². The van der Waals surface area contributed by atoms with E-state index in [9.17, 15) is 9.59 Å². The van der Waals surface area contributed by atoms with Crippen LogP contribution in [0.1, 0.15) is 32.6 Å². The van der Waals surface area contributed by atoms with Gasteiger partial charge in [-0.15, -0.1) is 0 Å². The SMILES string of the molecule is COC(=O)N1CCCC[C@H]1CC(C)=O. The number of hydrogen-bond donors (Lipinski definition) is 0. The molecule has 1 amide bonds. The maximum Gasteiger partial charge on any atom is 0.409 e. The van der Waals surface area contributed by atoms with E-state index < -0.39 is 0 Å². The topological polar surface area (TPSA) is 46.6 Å². The predicted octanol–water partition coefficient (Wildman–Crippen LogP) is 1.59. The Bertz CT molecular complexity index is 227. The molecule has 1 fully saturated rings. The van der Waals surface area contributed by atoms with E-state index in [0.29, 0.717) is 13.0 Å². The third-order valence-corrected chi connectivity index (χ3v) is 2.56. The van der Waals surface area contributed by atoms with Gasteiger partial charge in [-0.1, -0.05) is 0 Å². The molecule has 80 valence electrons. The van der Waals surface area contributed by atoms with Gasteiger partial charge in [0, 0.05) is 19.0 Å². The Kier molecular flexibility index (Phi) is 3.92. The molecule has 0 unspecified atom stereocenters. The second-order valence-corrected chi connectivity index (χ2v) is 3.72. The van der Waals surface area contributed by atoms with E-state index in [1.54, 1.807) is 11.8 Å². The summed E-state index contributed by atoms with van der Waals surface area (Å²) >= 11 is 0. The monoisotopic (exact) mass is 199 g/mol. The van der Waals surface area contributed by atoms with Crippen LogP contribution < -0.4 is 0 Å². The molecule has 1 atom stereocenters. The maximum atomic E-state index is 11.4. The van der Waals surface area contributed by atoms with Crippen LogP contribution in [0.15, 0.2) is 0 Å². The standard InChI is InChI=1S/C10H17NO3/c1-8(12)7-9-5-3-4-6-11(9)10(13)14-2/h9H,3-7H2,1-2H3/t9-/m0/s1. The maximum absolute atomic E-state index is 11.4. The summed E-state index contributed by atoms with van der Waals surface area (Å²) in [6.07, 6.45) is 3.15. The highest BCUT2D eigenvalue weighted by Crippen LogP contribution is 2.20. The number of likely N-dealkylation sites (tertiary alicyclic amines) is 1. The Balaban J connectivity index is 2.58. The highest BCUT2D eigenvalue weighted by atomic mass is 16.5. The first kappa shape index (κ1) is 11.0. The zero-order valence-electron chi connectivity index (χ0n) is 8.78.